The van der Waals surface area contributed by atoms with Crippen LogP contribution >= 0.6 is 34.5 Å². The summed E-state index contributed by atoms with van der Waals surface area (Å²) in [5.41, 5.74) is 0. The van der Waals surface area contributed by atoms with Gasteiger partial charge in [-0.2, -0.15) is 0 Å². The Hall–Kier alpha value is -1.37. The summed E-state index contributed by atoms with van der Waals surface area (Å²) in [5, 5.41) is 11.3. The topological polar surface area (TPSA) is 65.3 Å². The van der Waals surface area contributed by atoms with E-state index in [1.807, 2.05) is 0 Å². The molecule has 0 aliphatic carbocycles. The highest BCUT2D eigenvalue weighted by Crippen LogP contribution is 2.33. The maximum absolute atomic E-state index is 10.4. The van der Waals surface area contributed by atoms with Gasteiger partial charge in [-0.15, -0.1) is 0 Å². The molecular formula is C9H4Cl2N2O3S. The highest BCUT2D eigenvalue weighted by atomic mass is 35.5. The van der Waals surface area contributed by atoms with Gasteiger partial charge in [0.05, 0.1) is 15.0 Å². The van der Waals surface area contributed by atoms with Crippen molar-refractivity contribution in [1.82, 2.24) is 4.98 Å². The third kappa shape index (κ3) is 2.85. The summed E-state index contributed by atoms with van der Waals surface area (Å²) < 4.78 is 5.30. The van der Waals surface area contributed by atoms with Crippen molar-refractivity contribution in [2.75, 3.05) is 0 Å². The first kappa shape index (κ1) is 12.1. The van der Waals surface area contributed by atoms with Crippen LogP contribution in [0.15, 0.2) is 24.4 Å². The van der Waals surface area contributed by atoms with Gasteiger partial charge in [0.15, 0.2) is 0 Å². The number of aromatic nitrogens is 1. The minimum atomic E-state index is -0.528. The monoisotopic (exact) mass is 290 g/mol. The molecule has 0 unspecified atom stereocenters. The Balaban J connectivity index is 2.19. The summed E-state index contributed by atoms with van der Waals surface area (Å²) in [6.45, 7) is 0. The van der Waals surface area contributed by atoms with Crippen LogP contribution in [-0.2, 0) is 0 Å². The highest BCUT2D eigenvalue weighted by Gasteiger charge is 2.13. The van der Waals surface area contributed by atoms with Gasteiger partial charge in [0.1, 0.15) is 11.9 Å². The smallest absolute Gasteiger partial charge is 0.347 e. The van der Waals surface area contributed by atoms with Gasteiger partial charge >= 0.3 is 5.00 Å². The van der Waals surface area contributed by atoms with E-state index < -0.39 is 4.92 Å². The lowest BCUT2D eigenvalue weighted by Gasteiger charge is -2.02. The Kier molecular flexibility index (Phi) is 3.46. The molecule has 8 heteroatoms. The van der Waals surface area contributed by atoms with Crippen LogP contribution in [0.25, 0.3) is 0 Å². The molecular weight excluding hydrogens is 287 g/mol. The van der Waals surface area contributed by atoms with Crippen LogP contribution in [0, 0.1) is 10.1 Å². The molecule has 88 valence electrons. The Morgan fingerprint density at radius 2 is 2.12 bits per heavy atom. The molecule has 0 atom stereocenters. The summed E-state index contributed by atoms with van der Waals surface area (Å²) in [5.74, 6) is 0.420. The predicted octanol–water partition coefficient (Wildman–Crippen LogP) is 4.15. The Labute approximate surface area is 110 Å². The molecule has 0 saturated carbocycles. The van der Waals surface area contributed by atoms with Gasteiger partial charge in [0.2, 0.25) is 0 Å². The fourth-order valence-corrected chi connectivity index (χ4v) is 1.91. The van der Waals surface area contributed by atoms with Gasteiger partial charge in [-0.05, 0) is 23.5 Å². The fourth-order valence-electron chi connectivity index (χ4n) is 1.02. The standard InChI is InChI=1S/C9H4Cl2N2O3S/c10-6-2-1-5(3-7(6)11)16-9-12-4-8(17-9)13(14)15/h1-4H. The van der Waals surface area contributed by atoms with E-state index >= 15 is 0 Å². The zero-order valence-corrected chi connectivity index (χ0v) is 10.4. The van der Waals surface area contributed by atoms with Crippen LogP contribution in [0.5, 0.6) is 10.9 Å². The molecule has 0 aliphatic heterocycles. The van der Waals surface area contributed by atoms with Crippen LogP contribution in [0.2, 0.25) is 10.0 Å². The van der Waals surface area contributed by atoms with Crippen molar-refractivity contribution < 1.29 is 9.66 Å². The molecule has 1 heterocycles. The molecule has 0 spiro atoms. The van der Waals surface area contributed by atoms with E-state index in [0.717, 1.165) is 17.5 Å². The molecule has 1 aromatic carbocycles. The first-order chi connectivity index (χ1) is 8.06. The minimum absolute atomic E-state index is 0.0833. The molecule has 0 aliphatic rings. The second kappa shape index (κ2) is 4.87. The van der Waals surface area contributed by atoms with E-state index in [0.29, 0.717) is 15.8 Å². The molecule has 0 bridgehead atoms. The van der Waals surface area contributed by atoms with Crippen molar-refractivity contribution in [2.45, 2.75) is 0 Å². The van der Waals surface area contributed by atoms with Gasteiger partial charge in [0, 0.05) is 6.07 Å². The van der Waals surface area contributed by atoms with E-state index in [1.165, 1.54) is 6.07 Å². The molecule has 0 saturated heterocycles. The van der Waals surface area contributed by atoms with Gasteiger partial charge < -0.3 is 4.74 Å². The van der Waals surface area contributed by atoms with E-state index in [9.17, 15) is 10.1 Å². The molecule has 2 rings (SSSR count). The molecule has 1 aromatic heterocycles. The maximum atomic E-state index is 10.4. The lowest BCUT2D eigenvalue weighted by atomic mass is 10.3. The summed E-state index contributed by atoms with van der Waals surface area (Å²) in [7, 11) is 0. The zero-order valence-electron chi connectivity index (χ0n) is 8.09. The number of nitrogens with zero attached hydrogens (tertiary/aromatic N) is 2. The average Bonchev–Trinajstić information content (AvgIpc) is 2.72. The molecule has 0 amide bonds. The van der Waals surface area contributed by atoms with Gasteiger partial charge in [-0.25, -0.2) is 4.98 Å². The second-order valence-corrected chi connectivity index (χ2v) is 4.69. The van der Waals surface area contributed by atoms with Crippen LogP contribution in [0.4, 0.5) is 5.00 Å². The normalized spacial score (nSPS) is 10.2. The molecule has 0 N–H and O–H groups in total. The van der Waals surface area contributed by atoms with Crippen molar-refractivity contribution >= 4 is 39.5 Å². The Morgan fingerprint density at radius 3 is 2.71 bits per heavy atom. The van der Waals surface area contributed by atoms with Crippen molar-refractivity contribution in [3.63, 3.8) is 0 Å². The number of nitro groups is 1. The number of halogens is 2. The number of thiazole rings is 1. The molecule has 17 heavy (non-hydrogen) atoms. The van der Waals surface area contributed by atoms with Gasteiger partial charge in [0.25, 0.3) is 5.19 Å². The summed E-state index contributed by atoms with van der Waals surface area (Å²) in [4.78, 5) is 13.7. The van der Waals surface area contributed by atoms with Gasteiger partial charge in [-0.3, -0.25) is 10.1 Å². The van der Waals surface area contributed by atoms with E-state index in [2.05, 4.69) is 4.98 Å². The third-order valence-electron chi connectivity index (χ3n) is 1.75. The number of ether oxygens (including phenoxy) is 1. The minimum Gasteiger partial charge on any atom is -0.431 e. The van der Waals surface area contributed by atoms with Crippen molar-refractivity contribution in [2.24, 2.45) is 0 Å². The van der Waals surface area contributed by atoms with E-state index in [1.54, 1.807) is 12.1 Å². The number of hydrogen-bond acceptors (Lipinski definition) is 5. The van der Waals surface area contributed by atoms with E-state index in [4.69, 9.17) is 27.9 Å². The summed E-state index contributed by atoms with van der Waals surface area (Å²) in [6, 6.07) is 4.68. The number of rotatable bonds is 3. The SMILES string of the molecule is O=[N+]([O-])c1cnc(Oc2ccc(Cl)c(Cl)c2)s1. The second-order valence-electron chi connectivity index (χ2n) is 2.90. The van der Waals surface area contributed by atoms with Gasteiger partial charge in [-0.1, -0.05) is 23.2 Å². The molecule has 0 fully saturated rings. The van der Waals surface area contributed by atoms with Crippen LogP contribution in [0.1, 0.15) is 0 Å². The summed E-state index contributed by atoms with van der Waals surface area (Å²) in [6.07, 6.45) is 1.14. The summed E-state index contributed by atoms with van der Waals surface area (Å²) >= 11 is 12.4. The Bertz CT molecular complexity index is 573. The molecule has 5 nitrogen and oxygen atoms in total. The van der Waals surface area contributed by atoms with Crippen molar-refractivity contribution in [3.05, 3.63) is 44.6 Å². The van der Waals surface area contributed by atoms with Crippen LogP contribution < -0.4 is 4.74 Å². The van der Waals surface area contributed by atoms with E-state index in [-0.39, 0.29) is 10.2 Å². The molecule has 0 radical (unpaired) electrons. The fraction of sp³-hybridized carbons (Fsp3) is 0. The van der Waals surface area contributed by atoms with Crippen LogP contribution in [0.3, 0.4) is 0 Å². The first-order valence-electron chi connectivity index (χ1n) is 4.29. The van der Waals surface area contributed by atoms with Crippen molar-refractivity contribution in [3.8, 4) is 10.9 Å². The van der Waals surface area contributed by atoms with Crippen LogP contribution in [-0.4, -0.2) is 9.91 Å². The largest absolute Gasteiger partial charge is 0.431 e. The quantitative estimate of drug-likeness (QED) is 0.629. The number of hydrogen-bond donors (Lipinski definition) is 0. The predicted molar refractivity (Wildman–Crippen MR) is 65.3 cm³/mol. The highest BCUT2D eigenvalue weighted by molar-refractivity contribution is 7.16. The maximum Gasteiger partial charge on any atom is 0.347 e. The Morgan fingerprint density at radius 1 is 1.35 bits per heavy atom. The lowest BCUT2D eigenvalue weighted by Crippen LogP contribution is -1.82. The molecule has 2 aromatic rings. The average molecular weight is 291 g/mol. The zero-order chi connectivity index (χ0) is 12.4. The van der Waals surface area contributed by atoms with Crippen molar-refractivity contribution in [1.29, 1.82) is 0 Å². The number of benzene rings is 1. The first-order valence-corrected chi connectivity index (χ1v) is 5.86. The third-order valence-corrected chi connectivity index (χ3v) is 3.31. The lowest BCUT2D eigenvalue weighted by molar-refractivity contribution is -0.380.